The fraction of sp³-hybridized carbons (Fsp3) is 0.273. The predicted octanol–water partition coefficient (Wildman–Crippen LogP) is 2.39. The van der Waals surface area contributed by atoms with Crippen LogP contribution in [0.3, 0.4) is 0 Å². The zero-order valence-electron chi connectivity index (χ0n) is 8.20. The molecule has 2 aromatic rings. The van der Waals surface area contributed by atoms with Crippen LogP contribution in [0.4, 0.5) is 0 Å². The van der Waals surface area contributed by atoms with Crippen molar-refractivity contribution < 1.29 is 0 Å². The molecule has 0 atom stereocenters. The standard InChI is InChI=1S/C11H13N3/c1-2-7-12-8-11-13-9-5-3-4-6-10(9)14-11/h3-6,8H,2,7H2,1H3,(H,13,14). The van der Waals surface area contributed by atoms with E-state index in [2.05, 4.69) is 21.9 Å². The van der Waals surface area contributed by atoms with Crippen molar-refractivity contribution in [1.29, 1.82) is 0 Å². The minimum atomic E-state index is 0.833. The Labute approximate surface area is 82.9 Å². The summed E-state index contributed by atoms with van der Waals surface area (Å²) >= 11 is 0. The molecule has 0 fully saturated rings. The number of fused-ring (bicyclic) bond motifs is 1. The lowest BCUT2D eigenvalue weighted by atomic mass is 10.3. The van der Waals surface area contributed by atoms with E-state index < -0.39 is 0 Å². The normalized spacial score (nSPS) is 11.5. The maximum Gasteiger partial charge on any atom is 0.149 e. The molecule has 1 heterocycles. The summed E-state index contributed by atoms with van der Waals surface area (Å²) in [5, 5.41) is 0. The van der Waals surface area contributed by atoms with E-state index in [4.69, 9.17) is 0 Å². The first kappa shape index (κ1) is 8.94. The Kier molecular flexibility index (Phi) is 2.58. The molecule has 0 aliphatic rings. The molecule has 0 aliphatic carbocycles. The number of H-pyrrole nitrogens is 1. The highest BCUT2D eigenvalue weighted by atomic mass is 14.9. The van der Waals surface area contributed by atoms with Crippen LogP contribution < -0.4 is 0 Å². The minimum absolute atomic E-state index is 0.833. The number of nitrogens with one attached hydrogen (secondary N) is 1. The van der Waals surface area contributed by atoms with Gasteiger partial charge in [0.05, 0.1) is 17.2 Å². The Morgan fingerprint density at radius 1 is 1.43 bits per heavy atom. The molecule has 3 heteroatoms. The van der Waals surface area contributed by atoms with Gasteiger partial charge < -0.3 is 4.98 Å². The zero-order valence-corrected chi connectivity index (χ0v) is 8.20. The van der Waals surface area contributed by atoms with Crippen molar-refractivity contribution >= 4 is 17.2 Å². The van der Waals surface area contributed by atoms with Crippen LogP contribution in [0.15, 0.2) is 29.3 Å². The van der Waals surface area contributed by atoms with Crippen LogP contribution >= 0.6 is 0 Å². The number of aromatic nitrogens is 2. The molecular weight excluding hydrogens is 174 g/mol. The van der Waals surface area contributed by atoms with Crippen LogP contribution in [0.1, 0.15) is 19.2 Å². The molecule has 1 aromatic carbocycles. The molecule has 0 aliphatic heterocycles. The smallest absolute Gasteiger partial charge is 0.149 e. The molecule has 0 radical (unpaired) electrons. The highest BCUT2D eigenvalue weighted by Gasteiger charge is 1.97. The number of aromatic amines is 1. The zero-order chi connectivity index (χ0) is 9.80. The lowest BCUT2D eigenvalue weighted by molar-refractivity contribution is 0.935. The van der Waals surface area contributed by atoms with Gasteiger partial charge in [0.15, 0.2) is 0 Å². The maximum atomic E-state index is 4.38. The Hall–Kier alpha value is -1.64. The molecule has 0 bridgehead atoms. The number of hydrogen-bond donors (Lipinski definition) is 1. The molecule has 72 valence electrons. The monoisotopic (exact) mass is 187 g/mol. The molecule has 14 heavy (non-hydrogen) atoms. The number of rotatable bonds is 3. The van der Waals surface area contributed by atoms with E-state index in [9.17, 15) is 0 Å². The number of nitrogens with zero attached hydrogens (tertiary/aromatic N) is 2. The van der Waals surface area contributed by atoms with Crippen LogP contribution in [0.25, 0.3) is 11.0 Å². The van der Waals surface area contributed by atoms with Crippen molar-refractivity contribution in [2.24, 2.45) is 4.99 Å². The van der Waals surface area contributed by atoms with Crippen LogP contribution in [0.5, 0.6) is 0 Å². The van der Waals surface area contributed by atoms with Gasteiger partial charge in [0.2, 0.25) is 0 Å². The summed E-state index contributed by atoms with van der Waals surface area (Å²) in [6.45, 7) is 2.97. The number of hydrogen-bond acceptors (Lipinski definition) is 2. The van der Waals surface area contributed by atoms with Crippen molar-refractivity contribution in [3.63, 3.8) is 0 Å². The van der Waals surface area contributed by atoms with Gasteiger partial charge in [-0.2, -0.15) is 0 Å². The molecule has 1 N–H and O–H groups in total. The summed E-state index contributed by atoms with van der Waals surface area (Å²) in [6.07, 6.45) is 2.86. The lowest BCUT2D eigenvalue weighted by Gasteiger charge is -1.84. The van der Waals surface area contributed by atoms with Gasteiger partial charge in [-0.25, -0.2) is 4.98 Å². The van der Waals surface area contributed by atoms with Crippen molar-refractivity contribution in [3.05, 3.63) is 30.1 Å². The van der Waals surface area contributed by atoms with E-state index in [1.54, 1.807) is 6.21 Å². The molecule has 0 unspecified atom stereocenters. The molecule has 0 saturated heterocycles. The molecule has 3 nitrogen and oxygen atoms in total. The Balaban J connectivity index is 2.27. The molecule has 0 saturated carbocycles. The molecule has 2 rings (SSSR count). The van der Waals surface area contributed by atoms with Crippen molar-refractivity contribution in [3.8, 4) is 0 Å². The van der Waals surface area contributed by atoms with Crippen molar-refractivity contribution in [2.45, 2.75) is 13.3 Å². The van der Waals surface area contributed by atoms with Gasteiger partial charge in [-0.1, -0.05) is 19.1 Å². The van der Waals surface area contributed by atoms with Gasteiger partial charge in [-0.15, -0.1) is 0 Å². The van der Waals surface area contributed by atoms with Gasteiger partial charge in [-0.05, 0) is 18.6 Å². The van der Waals surface area contributed by atoms with Crippen molar-refractivity contribution in [1.82, 2.24) is 9.97 Å². The number of benzene rings is 1. The molecular formula is C11H13N3. The topological polar surface area (TPSA) is 41.0 Å². The third-order valence-electron chi connectivity index (χ3n) is 1.97. The number of imidazole rings is 1. The van der Waals surface area contributed by atoms with E-state index in [1.807, 2.05) is 24.3 Å². The van der Waals surface area contributed by atoms with Crippen LogP contribution in [0.2, 0.25) is 0 Å². The summed E-state index contributed by atoms with van der Waals surface area (Å²) in [7, 11) is 0. The average molecular weight is 187 g/mol. The lowest BCUT2D eigenvalue weighted by Crippen LogP contribution is -1.85. The highest BCUT2D eigenvalue weighted by Crippen LogP contribution is 2.08. The third kappa shape index (κ3) is 1.82. The van der Waals surface area contributed by atoms with E-state index in [0.717, 1.165) is 29.8 Å². The first-order chi connectivity index (χ1) is 6.90. The Bertz CT molecular complexity index is 409. The van der Waals surface area contributed by atoms with Gasteiger partial charge in [0.1, 0.15) is 5.82 Å². The first-order valence-electron chi connectivity index (χ1n) is 4.84. The van der Waals surface area contributed by atoms with Crippen LogP contribution in [0, 0.1) is 0 Å². The fourth-order valence-corrected chi connectivity index (χ4v) is 1.31. The summed E-state index contributed by atoms with van der Waals surface area (Å²) in [4.78, 5) is 11.8. The molecule has 0 amide bonds. The second kappa shape index (κ2) is 4.05. The van der Waals surface area contributed by atoms with Gasteiger partial charge in [0.25, 0.3) is 0 Å². The fourth-order valence-electron chi connectivity index (χ4n) is 1.31. The molecule has 0 spiro atoms. The summed E-state index contributed by atoms with van der Waals surface area (Å²) in [6, 6.07) is 7.98. The SMILES string of the molecule is CCCN=Cc1nc2ccccc2[nH]1. The Morgan fingerprint density at radius 3 is 3.07 bits per heavy atom. The Morgan fingerprint density at radius 2 is 2.29 bits per heavy atom. The van der Waals surface area contributed by atoms with Gasteiger partial charge >= 0.3 is 0 Å². The molecule has 1 aromatic heterocycles. The van der Waals surface area contributed by atoms with Gasteiger partial charge in [0, 0.05) is 6.54 Å². The van der Waals surface area contributed by atoms with E-state index in [0.29, 0.717) is 0 Å². The quantitative estimate of drug-likeness (QED) is 0.736. The van der Waals surface area contributed by atoms with E-state index in [1.165, 1.54) is 0 Å². The first-order valence-corrected chi connectivity index (χ1v) is 4.84. The second-order valence-electron chi connectivity index (χ2n) is 3.17. The van der Waals surface area contributed by atoms with E-state index >= 15 is 0 Å². The number of para-hydroxylation sites is 2. The van der Waals surface area contributed by atoms with Crippen molar-refractivity contribution in [2.75, 3.05) is 6.54 Å². The van der Waals surface area contributed by atoms with Gasteiger partial charge in [-0.3, -0.25) is 4.99 Å². The maximum absolute atomic E-state index is 4.38. The average Bonchev–Trinajstić information content (AvgIpc) is 2.60. The van der Waals surface area contributed by atoms with Crippen LogP contribution in [-0.2, 0) is 0 Å². The summed E-state index contributed by atoms with van der Waals surface area (Å²) < 4.78 is 0. The third-order valence-corrected chi connectivity index (χ3v) is 1.97. The summed E-state index contributed by atoms with van der Waals surface area (Å²) in [5.74, 6) is 0.833. The number of aliphatic imine (C=N–C) groups is 1. The minimum Gasteiger partial charge on any atom is -0.337 e. The second-order valence-corrected chi connectivity index (χ2v) is 3.17. The van der Waals surface area contributed by atoms with Crippen LogP contribution in [-0.4, -0.2) is 22.7 Å². The largest absolute Gasteiger partial charge is 0.337 e. The summed E-state index contributed by atoms with van der Waals surface area (Å²) in [5.41, 5.74) is 2.05. The predicted molar refractivity (Wildman–Crippen MR) is 58.8 cm³/mol. The highest BCUT2D eigenvalue weighted by molar-refractivity contribution is 5.83. The van der Waals surface area contributed by atoms with E-state index in [-0.39, 0.29) is 0 Å².